The quantitative estimate of drug-likeness (QED) is 0.570. The van der Waals surface area contributed by atoms with Crippen LogP contribution in [0.4, 0.5) is 8.78 Å². The number of esters is 1. The number of hydrogen-bond donors (Lipinski definition) is 0. The van der Waals surface area contributed by atoms with E-state index < -0.39 is 29.4 Å². The lowest BCUT2D eigenvalue weighted by molar-refractivity contribution is -0.146. The minimum Gasteiger partial charge on any atom is -0.468 e. The van der Waals surface area contributed by atoms with Crippen LogP contribution >= 0.6 is 0 Å². The highest BCUT2D eigenvalue weighted by Crippen LogP contribution is 2.14. The Hall–Kier alpha value is -2.60. The Morgan fingerprint density at radius 1 is 1.08 bits per heavy atom. The molecule has 0 aliphatic rings. The van der Waals surface area contributed by atoms with Crippen molar-refractivity contribution >= 4 is 11.8 Å². The van der Waals surface area contributed by atoms with Crippen LogP contribution in [0, 0.1) is 11.6 Å². The third kappa shape index (κ3) is 4.93. The highest BCUT2D eigenvalue weighted by atomic mass is 19.2. The number of methoxy groups -OCH3 is 1. The van der Waals surface area contributed by atoms with E-state index in [0.717, 1.165) is 17.7 Å². The molecule has 0 aliphatic carbocycles. The summed E-state index contributed by atoms with van der Waals surface area (Å²) < 4.78 is 31.1. The molecule has 6 heteroatoms. The maximum atomic E-state index is 13.4. The summed E-state index contributed by atoms with van der Waals surface area (Å²) in [5, 5.41) is 0. The molecular weight excluding hydrogens is 328 g/mol. The highest BCUT2D eigenvalue weighted by molar-refractivity contribution is 5.97. The third-order valence-electron chi connectivity index (χ3n) is 3.91. The van der Waals surface area contributed by atoms with Crippen molar-refractivity contribution in [1.82, 2.24) is 4.90 Å². The summed E-state index contributed by atoms with van der Waals surface area (Å²) in [6.45, 7) is 1.84. The van der Waals surface area contributed by atoms with Gasteiger partial charge in [-0.3, -0.25) is 14.5 Å². The predicted molar refractivity (Wildman–Crippen MR) is 89.0 cm³/mol. The zero-order valence-corrected chi connectivity index (χ0v) is 14.0. The van der Waals surface area contributed by atoms with Gasteiger partial charge in [0.25, 0.3) is 0 Å². The zero-order chi connectivity index (χ0) is 18.4. The monoisotopic (exact) mass is 347 g/mol. The number of ether oxygens (including phenoxy) is 1. The summed E-state index contributed by atoms with van der Waals surface area (Å²) in [4.78, 5) is 25.9. The van der Waals surface area contributed by atoms with Crippen LogP contribution in [-0.2, 0) is 16.1 Å². The number of hydrogen-bond acceptors (Lipinski definition) is 4. The lowest BCUT2D eigenvalue weighted by atomic mass is 10.1. The Bertz CT molecular complexity index is 750. The Kier molecular flexibility index (Phi) is 6.36. The second-order valence-corrected chi connectivity index (χ2v) is 5.64. The fraction of sp³-hybridized carbons (Fsp3) is 0.263. The first-order valence-corrected chi connectivity index (χ1v) is 7.76. The number of Topliss-reactive ketones (excluding diaryl/α,β-unsaturated/α-hetero) is 1. The van der Waals surface area contributed by atoms with Crippen LogP contribution in [-0.4, -0.2) is 36.3 Å². The van der Waals surface area contributed by atoms with E-state index in [9.17, 15) is 18.4 Å². The summed E-state index contributed by atoms with van der Waals surface area (Å²) in [5.74, 6) is -2.98. The second kappa shape index (κ2) is 8.48. The van der Waals surface area contributed by atoms with Crippen molar-refractivity contribution < 1.29 is 23.1 Å². The minimum absolute atomic E-state index is 0.0500. The topological polar surface area (TPSA) is 46.6 Å². The van der Waals surface area contributed by atoms with Gasteiger partial charge in [-0.15, -0.1) is 0 Å². The molecule has 0 spiro atoms. The molecule has 0 bridgehead atoms. The molecule has 0 aliphatic heterocycles. The molecule has 0 amide bonds. The minimum atomic E-state index is -1.08. The molecule has 2 aromatic rings. The molecule has 4 nitrogen and oxygen atoms in total. The van der Waals surface area contributed by atoms with Crippen LogP contribution in [0.15, 0.2) is 48.5 Å². The lowest BCUT2D eigenvalue weighted by Crippen LogP contribution is -2.42. The van der Waals surface area contributed by atoms with Crippen LogP contribution in [0.1, 0.15) is 22.8 Å². The van der Waals surface area contributed by atoms with Gasteiger partial charge in [0, 0.05) is 12.1 Å². The number of carbonyl (C=O) groups excluding carboxylic acids is 2. The fourth-order valence-electron chi connectivity index (χ4n) is 2.41. The van der Waals surface area contributed by atoms with Gasteiger partial charge in [-0.25, -0.2) is 8.78 Å². The van der Waals surface area contributed by atoms with Crippen molar-refractivity contribution in [3.63, 3.8) is 0 Å². The number of ketones is 1. The first-order chi connectivity index (χ1) is 11.9. The Labute approximate surface area is 145 Å². The average molecular weight is 347 g/mol. The predicted octanol–water partition coefficient (Wildman–Crippen LogP) is 3.21. The molecule has 0 radical (unpaired) electrons. The molecule has 2 aromatic carbocycles. The molecule has 0 N–H and O–H groups in total. The van der Waals surface area contributed by atoms with Crippen LogP contribution < -0.4 is 0 Å². The zero-order valence-electron chi connectivity index (χ0n) is 14.0. The second-order valence-electron chi connectivity index (χ2n) is 5.64. The molecule has 0 saturated heterocycles. The first-order valence-electron chi connectivity index (χ1n) is 7.76. The number of carbonyl (C=O) groups is 2. The summed E-state index contributed by atoms with van der Waals surface area (Å²) in [6, 6.07) is 11.7. The molecule has 0 aromatic heterocycles. The SMILES string of the molecule is COC(=O)[C@@H](C)N(CC(=O)c1ccc(F)c(F)c1)Cc1ccccc1. The van der Waals surface area contributed by atoms with E-state index in [1.165, 1.54) is 13.2 Å². The normalized spacial score (nSPS) is 12.0. The van der Waals surface area contributed by atoms with E-state index in [1.54, 1.807) is 11.8 Å². The fourth-order valence-corrected chi connectivity index (χ4v) is 2.41. The molecule has 0 heterocycles. The molecule has 25 heavy (non-hydrogen) atoms. The van der Waals surface area contributed by atoms with Crippen molar-refractivity contribution in [3.05, 3.63) is 71.3 Å². The smallest absolute Gasteiger partial charge is 0.322 e. The van der Waals surface area contributed by atoms with Crippen molar-refractivity contribution in [2.45, 2.75) is 19.5 Å². The third-order valence-corrected chi connectivity index (χ3v) is 3.91. The largest absolute Gasteiger partial charge is 0.468 e. The van der Waals surface area contributed by atoms with E-state index in [-0.39, 0.29) is 12.1 Å². The van der Waals surface area contributed by atoms with Crippen molar-refractivity contribution in [1.29, 1.82) is 0 Å². The van der Waals surface area contributed by atoms with E-state index >= 15 is 0 Å². The van der Waals surface area contributed by atoms with Crippen molar-refractivity contribution in [2.75, 3.05) is 13.7 Å². The average Bonchev–Trinajstić information content (AvgIpc) is 2.62. The van der Waals surface area contributed by atoms with Gasteiger partial charge in [0.2, 0.25) is 0 Å². The van der Waals surface area contributed by atoms with Gasteiger partial charge in [-0.05, 0) is 30.7 Å². The number of benzene rings is 2. The van der Waals surface area contributed by atoms with Gasteiger partial charge < -0.3 is 4.74 Å². The molecule has 0 unspecified atom stereocenters. The van der Waals surface area contributed by atoms with E-state index in [2.05, 4.69) is 0 Å². The highest BCUT2D eigenvalue weighted by Gasteiger charge is 2.25. The summed E-state index contributed by atoms with van der Waals surface area (Å²) in [5.41, 5.74) is 0.963. The van der Waals surface area contributed by atoms with Gasteiger partial charge in [0.05, 0.1) is 13.7 Å². The molecule has 0 saturated carbocycles. The number of halogens is 2. The van der Waals surface area contributed by atoms with Gasteiger partial charge >= 0.3 is 5.97 Å². The summed E-state index contributed by atoms with van der Waals surface area (Å²) in [6.07, 6.45) is 0. The molecule has 0 fully saturated rings. The first kappa shape index (κ1) is 18.7. The van der Waals surface area contributed by atoms with Crippen molar-refractivity contribution in [3.8, 4) is 0 Å². The maximum absolute atomic E-state index is 13.4. The Morgan fingerprint density at radius 3 is 2.36 bits per heavy atom. The summed E-state index contributed by atoms with van der Waals surface area (Å²) in [7, 11) is 1.27. The Balaban J connectivity index is 2.20. The van der Waals surface area contributed by atoms with E-state index in [1.807, 2.05) is 30.3 Å². The molecule has 2 rings (SSSR count). The van der Waals surface area contributed by atoms with Gasteiger partial charge in [0.1, 0.15) is 6.04 Å². The number of nitrogens with zero attached hydrogens (tertiary/aromatic N) is 1. The van der Waals surface area contributed by atoms with Gasteiger partial charge in [0.15, 0.2) is 17.4 Å². The van der Waals surface area contributed by atoms with Crippen molar-refractivity contribution in [2.24, 2.45) is 0 Å². The summed E-state index contributed by atoms with van der Waals surface area (Å²) >= 11 is 0. The molecule has 132 valence electrons. The van der Waals surface area contributed by atoms with Crippen LogP contribution in [0.2, 0.25) is 0 Å². The van der Waals surface area contributed by atoms with Crippen LogP contribution in [0.25, 0.3) is 0 Å². The molecular formula is C19H19F2NO3. The maximum Gasteiger partial charge on any atom is 0.322 e. The van der Waals surface area contributed by atoms with Crippen LogP contribution in [0.5, 0.6) is 0 Å². The standard InChI is InChI=1S/C19H19F2NO3/c1-13(19(24)25-2)22(11-14-6-4-3-5-7-14)12-18(23)15-8-9-16(20)17(21)10-15/h3-10,13H,11-12H2,1-2H3/t13-/m1/s1. The number of rotatable bonds is 7. The van der Waals surface area contributed by atoms with Crippen LogP contribution in [0.3, 0.4) is 0 Å². The van der Waals surface area contributed by atoms with Gasteiger partial charge in [-0.2, -0.15) is 0 Å². The van der Waals surface area contributed by atoms with Gasteiger partial charge in [-0.1, -0.05) is 30.3 Å². The molecule has 1 atom stereocenters. The lowest BCUT2D eigenvalue weighted by Gasteiger charge is -2.26. The van der Waals surface area contributed by atoms with E-state index in [4.69, 9.17) is 4.74 Å². The Morgan fingerprint density at radius 2 is 1.76 bits per heavy atom. The van der Waals surface area contributed by atoms with E-state index in [0.29, 0.717) is 6.54 Å².